The van der Waals surface area contributed by atoms with Gasteiger partial charge in [0.25, 0.3) is 0 Å². The van der Waals surface area contributed by atoms with Crippen LogP contribution in [0.3, 0.4) is 0 Å². The average Bonchev–Trinajstić information content (AvgIpc) is 2.39. The van der Waals surface area contributed by atoms with Gasteiger partial charge in [-0.2, -0.15) is 0 Å². The van der Waals surface area contributed by atoms with Gasteiger partial charge in [-0.25, -0.2) is 0 Å². The average molecular weight is 219 g/mol. The van der Waals surface area contributed by atoms with E-state index in [0.29, 0.717) is 12.6 Å². The fraction of sp³-hybridized carbons (Fsp3) is 0.615. The molecule has 2 rings (SSSR count). The molecule has 3 nitrogen and oxygen atoms in total. The summed E-state index contributed by atoms with van der Waals surface area (Å²) in [5.41, 5.74) is 7.78. The molecule has 0 spiro atoms. The largest absolute Gasteiger partial charge is 0.367 e. The Morgan fingerprint density at radius 2 is 2.31 bits per heavy atom. The van der Waals surface area contributed by atoms with Crippen molar-refractivity contribution < 1.29 is 0 Å². The second-order valence-electron chi connectivity index (χ2n) is 4.46. The Bertz CT molecular complexity index is 320. The molecule has 1 aromatic rings. The van der Waals surface area contributed by atoms with Crippen LogP contribution in [0.2, 0.25) is 0 Å². The summed E-state index contributed by atoms with van der Waals surface area (Å²) in [5, 5.41) is 0. The van der Waals surface area contributed by atoms with Gasteiger partial charge in [-0.3, -0.25) is 4.98 Å². The quantitative estimate of drug-likeness (QED) is 0.848. The number of hydrogen-bond donors (Lipinski definition) is 1. The van der Waals surface area contributed by atoms with Crippen LogP contribution in [0.1, 0.15) is 38.3 Å². The van der Waals surface area contributed by atoms with Crippen LogP contribution in [-0.2, 0) is 6.54 Å². The van der Waals surface area contributed by atoms with E-state index >= 15 is 0 Å². The highest BCUT2D eigenvalue weighted by atomic mass is 15.2. The summed E-state index contributed by atoms with van der Waals surface area (Å²) in [5.74, 6) is 0. The van der Waals surface area contributed by atoms with Gasteiger partial charge < -0.3 is 10.6 Å². The lowest BCUT2D eigenvalue weighted by Crippen LogP contribution is -2.39. The molecule has 1 fully saturated rings. The van der Waals surface area contributed by atoms with Crippen molar-refractivity contribution in [2.24, 2.45) is 5.73 Å². The molecule has 0 aliphatic carbocycles. The molecule has 1 saturated heterocycles. The molecular weight excluding hydrogens is 198 g/mol. The molecule has 1 aromatic heterocycles. The minimum atomic E-state index is 0.525. The smallest absolute Gasteiger partial charge is 0.0555 e. The number of nitrogens with zero attached hydrogens (tertiary/aromatic N) is 2. The number of aromatic nitrogens is 1. The van der Waals surface area contributed by atoms with E-state index in [0.717, 1.165) is 5.69 Å². The molecule has 1 aliphatic rings. The van der Waals surface area contributed by atoms with Crippen LogP contribution >= 0.6 is 0 Å². The van der Waals surface area contributed by atoms with Gasteiger partial charge in [0, 0.05) is 19.1 Å². The van der Waals surface area contributed by atoms with E-state index in [1.165, 1.54) is 37.9 Å². The molecule has 2 N–H and O–H groups in total. The number of rotatable bonds is 3. The lowest BCUT2D eigenvalue weighted by Gasteiger charge is -2.37. The first-order chi connectivity index (χ1) is 7.85. The van der Waals surface area contributed by atoms with E-state index in [9.17, 15) is 0 Å². The Hall–Kier alpha value is -1.09. The molecule has 0 saturated carbocycles. The van der Waals surface area contributed by atoms with Crippen molar-refractivity contribution in [1.82, 2.24) is 4.98 Å². The van der Waals surface area contributed by atoms with Gasteiger partial charge in [0.1, 0.15) is 0 Å². The van der Waals surface area contributed by atoms with Gasteiger partial charge in [0.15, 0.2) is 0 Å². The zero-order valence-corrected chi connectivity index (χ0v) is 10.0. The first kappa shape index (κ1) is 11.4. The number of hydrogen-bond acceptors (Lipinski definition) is 3. The van der Waals surface area contributed by atoms with Gasteiger partial charge in [-0.1, -0.05) is 6.92 Å². The lowest BCUT2D eigenvalue weighted by atomic mass is 9.99. The minimum absolute atomic E-state index is 0.525. The van der Waals surface area contributed by atoms with E-state index in [1.54, 1.807) is 0 Å². The zero-order chi connectivity index (χ0) is 11.4. The molecule has 88 valence electrons. The highest BCUT2D eigenvalue weighted by Gasteiger charge is 2.20. The summed E-state index contributed by atoms with van der Waals surface area (Å²) in [4.78, 5) is 6.87. The fourth-order valence-corrected chi connectivity index (χ4v) is 2.47. The minimum Gasteiger partial charge on any atom is -0.367 e. The normalized spacial score (nSPS) is 21.1. The van der Waals surface area contributed by atoms with Crippen LogP contribution in [0, 0.1) is 0 Å². The molecule has 0 aromatic carbocycles. The van der Waals surface area contributed by atoms with Crippen LogP contribution in [0.25, 0.3) is 0 Å². The summed E-state index contributed by atoms with van der Waals surface area (Å²) in [6.45, 7) is 3.96. The van der Waals surface area contributed by atoms with E-state index in [4.69, 9.17) is 5.73 Å². The highest BCUT2D eigenvalue weighted by Crippen LogP contribution is 2.25. The first-order valence-electron chi connectivity index (χ1n) is 6.26. The van der Waals surface area contributed by atoms with Crippen LogP contribution < -0.4 is 10.6 Å². The molecule has 16 heavy (non-hydrogen) atoms. The summed E-state index contributed by atoms with van der Waals surface area (Å²) < 4.78 is 0. The Balaban J connectivity index is 2.14. The van der Waals surface area contributed by atoms with Crippen molar-refractivity contribution in [3.8, 4) is 0 Å². The van der Waals surface area contributed by atoms with E-state index in [2.05, 4.69) is 22.9 Å². The molecule has 0 amide bonds. The molecule has 0 radical (unpaired) electrons. The lowest BCUT2D eigenvalue weighted by molar-refractivity contribution is 0.449. The number of anilines is 1. The van der Waals surface area contributed by atoms with Crippen molar-refractivity contribution in [3.05, 3.63) is 24.0 Å². The predicted molar refractivity (Wildman–Crippen MR) is 67.4 cm³/mol. The standard InChI is InChI=1S/C13H21N3/c1-2-12-5-3-4-8-16(12)13-7-6-11(9-14)15-10-13/h6-7,10,12H,2-5,8-9,14H2,1H3. The topological polar surface area (TPSA) is 42.1 Å². The Morgan fingerprint density at radius 3 is 2.94 bits per heavy atom. The highest BCUT2D eigenvalue weighted by molar-refractivity contribution is 5.46. The third-order valence-electron chi connectivity index (χ3n) is 3.45. The summed E-state index contributed by atoms with van der Waals surface area (Å²) in [6.07, 6.45) is 7.17. The van der Waals surface area contributed by atoms with Gasteiger partial charge in [-0.15, -0.1) is 0 Å². The Labute approximate surface area is 97.7 Å². The molecular formula is C13H21N3. The van der Waals surface area contributed by atoms with Crippen LogP contribution in [-0.4, -0.2) is 17.6 Å². The number of piperidine rings is 1. The van der Waals surface area contributed by atoms with E-state index in [1.807, 2.05) is 12.3 Å². The molecule has 2 heterocycles. The number of nitrogens with two attached hydrogens (primary N) is 1. The molecule has 1 unspecified atom stereocenters. The zero-order valence-electron chi connectivity index (χ0n) is 10.0. The van der Waals surface area contributed by atoms with Gasteiger partial charge in [0.2, 0.25) is 0 Å². The van der Waals surface area contributed by atoms with Gasteiger partial charge in [0.05, 0.1) is 17.6 Å². The third-order valence-corrected chi connectivity index (χ3v) is 3.45. The van der Waals surface area contributed by atoms with E-state index in [-0.39, 0.29) is 0 Å². The fourth-order valence-electron chi connectivity index (χ4n) is 2.47. The van der Waals surface area contributed by atoms with Crippen molar-refractivity contribution in [2.75, 3.05) is 11.4 Å². The van der Waals surface area contributed by atoms with Crippen molar-refractivity contribution >= 4 is 5.69 Å². The van der Waals surface area contributed by atoms with Gasteiger partial charge in [-0.05, 0) is 37.8 Å². The van der Waals surface area contributed by atoms with E-state index < -0.39 is 0 Å². The monoisotopic (exact) mass is 219 g/mol. The second kappa shape index (κ2) is 5.30. The Kier molecular flexibility index (Phi) is 3.78. The van der Waals surface area contributed by atoms with Crippen LogP contribution in [0.4, 0.5) is 5.69 Å². The van der Waals surface area contributed by atoms with Crippen molar-refractivity contribution in [3.63, 3.8) is 0 Å². The number of pyridine rings is 1. The maximum absolute atomic E-state index is 5.56. The molecule has 0 bridgehead atoms. The summed E-state index contributed by atoms with van der Waals surface area (Å²) in [6, 6.07) is 4.89. The molecule has 1 aliphatic heterocycles. The molecule has 3 heteroatoms. The van der Waals surface area contributed by atoms with Gasteiger partial charge >= 0.3 is 0 Å². The maximum atomic E-state index is 5.56. The van der Waals surface area contributed by atoms with Crippen molar-refractivity contribution in [1.29, 1.82) is 0 Å². The molecule has 1 atom stereocenters. The van der Waals surface area contributed by atoms with Crippen molar-refractivity contribution in [2.45, 2.75) is 45.2 Å². The van der Waals surface area contributed by atoms with Crippen LogP contribution in [0.5, 0.6) is 0 Å². The second-order valence-corrected chi connectivity index (χ2v) is 4.46. The summed E-state index contributed by atoms with van der Waals surface area (Å²) >= 11 is 0. The van der Waals surface area contributed by atoms with Crippen LogP contribution in [0.15, 0.2) is 18.3 Å². The third kappa shape index (κ3) is 2.35. The SMILES string of the molecule is CCC1CCCCN1c1ccc(CN)nc1. The maximum Gasteiger partial charge on any atom is 0.0555 e. The predicted octanol–water partition coefficient (Wildman–Crippen LogP) is 2.31. The summed E-state index contributed by atoms with van der Waals surface area (Å²) in [7, 11) is 0. The first-order valence-corrected chi connectivity index (χ1v) is 6.26. The Morgan fingerprint density at radius 1 is 1.44 bits per heavy atom.